The molecular weight excluding hydrogens is 364 g/mol. The van der Waals surface area contributed by atoms with E-state index in [1.54, 1.807) is 22.7 Å². The van der Waals surface area contributed by atoms with Crippen molar-refractivity contribution in [1.29, 1.82) is 0 Å². The van der Waals surface area contributed by atoms with E-state index in [4.69, 9.17) is 5.73 Å². The van der Waals surface area contributed by atoms with E-state index in [9.17, 15) is 14.4 Å². The van der Waals surface area contributed by atoms with Crippen LogP contribution < -0.4 is 11.3 Å². The number of piperidine rings is 1. The third-order valence-electron chi connectivity index (χ3n) is 4.79. The van der Waals surface area contributed by atoms with Gasteiger partial charge in [-0.15, -0.1) is 11.8 Å². The van der Waals surface area contributed by atoms with E-state index < -0.39 is 0 Å². The van der Waals surface area contributed by atoms with Crippen LogP contribution in [0, 0.1) is 5.92 Å². The van der Waals surface area contributed by atoms with Crippen molar-refractivity contribution in [3.8, 4) is 11.3 Å². The number of nitrogens with zero attached hydrogens (tertiary/aromatic N) is 3. The van der Waals surface area contributed by atoms with Gasteiger partial charge in [0.2, 0.25) is 11.8 Å². The van der Waals surface area contributed by atoms with Gasteiger partial charge in [0.1, 0.15) is 6.54 Å². The van der Waals surface area contributed by atoms with Crippen LogP contribution in [0.2, 0.25) is 0 Å². The summed E-state index contributed by atoms with van der Waals surface area (Å²) in [7, 11) is 0. The van der Waals surface area contributed by atoms with E-state index in [-0.39, 0.29) is 29.8 Å². The molecule has 1 fully saturated rings. The molecule has 1 aromatic carbocycles. The number of likely N-dealkylation sites (tertiary alicyclic amines) is 1. The minimum Gasteiger partial charge on any atom is -0.369 e. The molecule has 2 amide bonds. The Kier molecular flexibility index (Phi) is 5.95. The van der Waals surface area contributed by atoms with Gasteiger partial charge in [0.05, 0.1) is 5.69 Å². The summed E-state index contributed by atoms with van der Waals surface area (Å²) in [6.07, 6.45) is 3.13. The normalized spacial score (nSPS) is 14.9. The van der Waals surface area contributed by atoms with E-state index in [1.165, 1.54) is 10.7 Å². The summed E-state index contributed by atoms with van der Waals surface area (Å²) in [5.74, 6) is -0.676. The minimum absolute atomic E-state index is 0.114. The molecule has 1 saturated heterocycles. The van der Waals surface area contributed by atoms with Crippen molar-refractivity contribution in [2.75, 3.05) is 19.3 Å². The Morgan fingerprint density at radius 1 is 1.15 bits per heavy atom. The average Bonchev–Trinajstić information content (AvgIpc) is 2.69. The Balaban J connectivity index is 1.72. The molecule has 1 aliphatic heterocycles. The summed E-state index contributed by atoms with van der Waals surface area (Å²) in [5, 5.41) is 4.35. The molecule has 0 spiro atoms. The molecule has 0 unspecified atom stereocenters. The van der Waals surface area contributed by atoms with Crippen LogP contribution in [0.1, 0.15) is 12.8 Å². The number of thioether (sulfide) groups is 1. The zero-order chi connectivity index (χ0) is 19.4. The SMILES string of the molecule is CSc1ccc(-c2ccc(=O)n(CC(=O)N3CCC(C(N)=O)CC3)n2)cc1. The van der Waals surface area contributed by atoms with Crippen molar-refractivity contribution in [3.63, 3.8) is 0 Å². The van der Waals surface area contributed by atoms with Crippen molar-refractivity contribution in [2.45, 2.75) is 24.3 Å². The Morgan fingerprint density at radius 3 is 2.41 bits per heavy atom. The van der Waals surface area contributed by atoms with Gasteiger partial charge < -0.3 is 10.6 Å². The summed E-state index contributed by atoms with van der Waals surface area (Å²) >= 11 is 1.65. The molecule has 0 atom stereocenters. The van der Waals surface area contributed by atoms with Gasteiger partial charge in [-0.25, -0.2) is 4.68 Å². The highest BCUT2D eigenvalue weighted by Gasteiger charge is 2.26. The molecule has 27 heavy (non-hydrogen) atoms. The standard InChI is InChI=1S/C19H22N4O3S/c1-27-15-4-2-13(3-5-15)16-6-7-17(24)23(21-16)12-18(25)22-10-8-14(9-11-22)19(20)26/h2-7,14H,8-12H2,1H3,(H2,20,26). The molecule has 0 bridgehead atoms. The molecule has 2 heterocycles. The lowest BCUT2D eigenvalue weighted by atomic mass is 9.96. The highest BCUT2D eigenvalue weighted by Crippen LogP contribution is 2.21. The number of hydrogen-bond acceptors (Lipinski definition) is 5. The Morgan fingerprint density at radius 2 is 1.81 bits per heavy atom. The fraction of sp³-hybridized carbons (Fsp3) is 0.368. The van der Waals surface area contributed by atoms with Crippen molar-refractivity contribution >= 4 is 23.6 Å². The largest absolute Gasteiger partial charge is 0.369 e. The van der Waals surface area contributed by atoms with Gasteiger partial charge in [-0.2, -0.15) is 5.10 Å². The van der Waals surface area contributed by atoms with Gasteiger partial charge in [-0.3, -0.25) is 14.4 Å². The van der Waals surface area contributed by atoms with Crippen molar-refractivity contribution < 1.29 is 9.59 Å². The number of benzene rings is 1. The summed E-state index contributed by atoms with van der Waals surface area (Å²) in [5.41, 5.74) is 6.53. The predicted octanol–water partition coefficient (Wildman–Crippen LogP) is 1.36. The van der Waals surface area contributed by atoms with E-state index in [1.807, 2.05) is 30.5 Å². The topological polar surface area (TPSA) is 98.3 Å². The van der Waals surface area contributed by atoms with Crippen molar-refractivity contribution in [1.82, 2.24) is 14.7 Å². The number of hydrogen-bond donors (Lipinski definition) is 1. The summed E-state index contributed by atoms with van der Waals surface area (Å²) in [4.78, 5) is 38.7. The minimum atomic E-state index is -0.320. The zero-order valence-electron chi connectivity index (χ0n) is 15.1. The first-order valence-electron chi connectivity index (χ1n) is 8.77. The molecule has 2 N–H and O–H groups in total. The maximum absolute atomic E-state index is 12.5. The fourth-order valence-corrected chi connectivity index (χ4v) is 3.53. The third kappa shape index (κ3) is 4.57. The lowest BCUT2D eigenvalue weighted by Crippen LogP contribution is -2.44. The molecular formula is C19H22N4O3S. The van der Waals surface area contributed by atoms with Crippen molar-refractivity contribution in [3.05, 3.63) is 46.8 Å². The summed E-state index contributed by atoms with van der Waals surface area (Å²) < 4.78 is 1.19. The van der Waals surface area contributed by atoms with Crippen LogP contribution in [0.4, 0.5) is 0 Å². The van der Waals surface area contributed by atoms with Gasteiger partial charge in [0, 0.05) is 35.5 Å². The molecule has 8 heteroatoms. The molecule has 2 aromatic rings. The second kappa shape index (κ2) is 8.39. The van der Waals surface area contributed by atoms with Crippen LogP contribution >= 0.6 is 11.8 Å². The average molecular weight is 386 g/mol. The summed E-state index contributed by atoms with van der Waals surface area (Å²) in [6.45, 7) is 0.824. The first kappa shape index (κ1) is 19.2. The van der Waals surface area contributed by atoms with Gasteiger partial charge in [0.25, 0.3) is 5.56 Å². The van der Waals surface area contributed by atoms with E-state index in [0.717, 1.165) is 10.5 Å². The molecule has 1 aliphatic rings. The molecule has 0 radical (unpaired) electrons. The van der Waals surface area contributed by atoms with Crippen LogP contribution in [-0.2, 0) is 16.1 Å². The predicted molar refractivity (Wildman–Crippen MR) is 104 cm³/mol. The smallest absolute Gasteiger partial charge is 0.267 e. The second-order valence-corrected chi connectivity index (χ2v) is 7.38. The highest BCUT2D eigenvalue weighted by atomic mass is 32.2. The van der Waals surface area contributed by atoms with Crippen LogP contribution in [0.25, 0.3) is 11.3 Å². The van der Waals surface area contributed by atoms with Crippen LogP contribution in [-0.4, -0.2) is 45.8 Å². The molecule has 7 nitrogen and oxygen atoms in total. The Hall–Kier alpha value is -2.61. The first-order valence-corrected chi connectivity index (χ1v) is 10.00. The lowest BCUT2D eigenvalue weighted by Gasteiger charge is -2.30. The number of primary amides is 1. The lowest BCUT2D eigenvalue weighted by molar-refractivity contribution is -0.135. The molecule has 1 aromatic heterocycles. The molecule has 3 rings (SSSR count). The van der Waals surface area contributed by atoms with Crippen molar-refractivity contribution in [2.24, 2.45) is 11.7 Å². The van der Waals surface area contributed by atoms with Gasteiger partial charge in [-0.05, 0) is 37.3 Å². The van der Waals surface area contributed by atoms with Crippen LogP contribution in [0.3, 0.4) is 0 Å². The number of carbonyl (C=O) groups is 2. The Bertz CT molecular complexity index is 887. The van der Waals surface area contributed by atoms with Gasteiger partial charge in [-0.1, -0.05) is 12.1 Å². The van der Waals surface area contributed by atoms with Crippen LogP contribution in [0.5, 0.6) is 0 Å². The highest BCUT2D eigenvalue weighted by molar-refractivity contribution is 7.98. The van der Waals surface area contributed by atoms with Gasteiger partial charge >= 0.3 is 0 Å². The molecule has 0 aliphatic carbocycles. The number of rotatable bonds is 5. The maximum atomic E-state index is 12.5. The van der Waals surface area contributed by atoms with Gasteiger partial charge in [0.15, 0.2) is 0 Å². The van der Waals surface area contributed by atoms with E-state index in [2.05, 4.69) is 5.10 Å². The quantitative estimate of drug-likeness (QED) is 0.783. The maximum Gasteiger partial charge on any atom is 0.267 e. The van der Waals surface area contributed by atoms with E-state index in [0.29, 0.717) is 31.6 Å². The second-order valence-electron chi connectivity index (χ2n) is 6.50. The monoisotopic (exact) mass is 386 g/mol. The number of nitrogens with two attached hydrogens (primary N) is 1. The van der Waals surface area contributed by atoms with E-state index >= 15 is 0 Å². The first-order chi connectivity index (χ1) is 13.0. The zero-order valence-corrected chi connectivity index (χ0v) is 15.9. The summed E-state index contributed by atoms with van der Waals surface area (Å²) in [6, 6.07) is 11.0. The van der Waals surface area contributed by atoms with Crippen LogP contribution in [0.15, 0.2) is 46.1 Å². The number of carbonyl (C=O) groups excluding carboxylic acids is 2. The fourth-order valence-electron chi connectivity index (χ4n) is 3.12. The number of aromatic nitrogens is 2. The molecule has 142 valence electrons. The Labute approximate surface area is 161 Å². The third-order valence-corrected chi connectivity index (χ3v) is 5.53. The molecule has 0 saturated carbocycles. The number of amides is 2.